The summed E-state index contributed by atoms with van der Waals surface area (Å²) in [6.45, 7) is 1.65. The normalized spacial score (nSPS) is 10.3. The highest BCUT2D eigenvalue weighted by Gasteiger charge is 2.09. The van der Waals surface area contributed by atoms with E-state index in [2.05, 4.69) is 37.2 Å². The third-order valence-corrected chi connectivity index (χ3v) is 3.46. The first-order chi connectivity index (χ1) is 8.95. The van der Waals surface area contributed by atoms with E-state index >= 15 is 0 Å². The Labute approximate surface area is 127 Å². The second kappa shape index (κ2) is 5.84. The van der Waals surface area contributed by atoms with Crippen molar-refractivity contribution in [3.63, 3.8) is 0 Å². The lowest BCUT2D eigenvalue weighted by Crippen LogP contribution is -2.12. The highest BCUT2D eigenvalue weighted by atomic mass is 79.9. The van der Waals surface area contributed by atoms with Gasteiger partial charge in [0.25, 0.3) is 5.91 Å². The minimum atomic E-state index is -0.289. The molecule has 0 aromatic heterocycles. The van der Waals surface area contributed by atoms with E-state index in [-0.39, 0.29) is 11.7 Å². The van der Waals surface area contributed by atoms with Crippen LogP contribution < -0.4 is 5.32 Å². The first-order valence-corrected chi connectivity index (χ1v) is 7.08. The third kappa shape index (κ3) is 3.64. The maximum Gasteiger partial charge on any atom is 0.255 e. The molecule has 2 aromatic carbocycles. The first-order valence-electron chi connectivity index (χ1n) is 5.49. The molecule has 5 heteroatoms. The fourth-order valence-corrected chi connectivity index (χ4v) is 2.90. The minimum absolute atomic E-state index is 0.243. The molecule has 1 amide bonds. The molecule has 1 N–H and O–H groups in total. The Morgan fingerprint density at radius 3 is 2.32 bits per heavy atom. The molecule has 0 atom stereocenters. The SMILES string of the molecule is Cc1cc(NC(=O)c2cc(Br)cc(Br)c2)ccc1F. The summed E-state index contributed by atoms with van der Waals surface area (Å²) < 4.78 is 14.8. The van der Waals surface area contributed by atoms with Crippen LogP contribution >= 0.6 is 31.9 Å². The Bertz CT molecular complexity index is 623. The van der Waals surface area contributed by atoms with Crippen LogP contribution in [0.25, 0.3) is 0 Å². The number of aryl methyl sites for hydroxylation is 1. The van der Waals surface area contributed by atoms with Crippen molar-refractivity contribution in [2.24, 2.45) is 0 Å². The first kappa shape index (κ1) is 14.2. The molecule has 2 nitrogen and oxygen atoms in total. The maximum absolute atomic E-state index is 13.1. The highest BCUT2D eigenvalue weighted by molar-refractivity contribution is 9.11. The second-order valence-corrected chi connectivity index (χ2v) is 5.91. The molecule has 0 saturated carbocycles. The summed E-state index contributed by atoms with van der Waals surface area (Å²) in [6.07, 6.45) is 0. The molecule has 0 unspecified atom stereocenters. The van der Waals surface area contributed by atoms with Crippen LogP contribution in [0, 0.1) is 12.7 Å². The molecule has 2 aromatic rings. The van der Waals surface area contributed by atoms with Crippen LogP contribution in [-0.4, -0.2) is 5.91 Å². The van der Waals surface area contributed by atoms with E-state index in [1.165, 1.54) is 12.1 Å². The molecular weight excluding hydrogens is 377 g/mol. The molecule has 0 heterocycles. The minimum Gasteiger partial charge on any atom is -0.322 e. The number of benzene rings is 2. The molecule has 0 aliphatic carbocycles. The zero-order valence-electron chi connectivity index (χ0n) is 10.0. The van der Waals surface area contributed by atoms with Gasteiger partial charge in [-0.25, -0.2) is 4.39 Å². The van der Waals surface area contributed by atoms with Crippen LogP contribution in [0.3, 0.4) is 0 Å². The van der Waals surface area contributed by atoms with Crippen molar-refractivity contribution < 1.29 is 9.18 Å². The van der Waals surface area contributed by atoms with Gasteiger partial charge in [0.2, 0.25) is 0 Å². The largest absolute Gasteiger partial charge is 0.322 e. The second-order valence-electron chi connectivity index (χ2n) is 4.08. The van der Waals surface area contributed by atoms with E-state index in [9.17, 15) is 9.18 Å². The number of halogens is 3. The molecule has 0 fully saturated rings. The number of carbonyl (C=O) groups is 1. The predicted octanol–water partition coefficient (Wildman–Crippen LogP) is 4.91. The van der Waals surface area contributed by atoms with Crippen molar-refractivity contribution in [3.8, 4) is 0 Å². The standard InChI is InChI=1S/C14H10Br2FNO/c1-8-4-12(2-3-13(8)17)18-14(19)9-5-10(15)7-11(16)6-9/h2-7H,1H3,(H,18,19). The van der Waals surface area contributed by atoms with Crippen LogP contribution in [0.1, 0.15) is 15.9 Å². The summed E-state index contributed by atoms with van der Waals surface area (Å²) >= 11 is 6.66. The van der Waals surface area contributed by atoms with Crippen molar-refractivity contribution in [3.05, 3.63) is 62.3 Å². The van der Waals surface area contributed by atoms with Gasteiger partial charge in [-0.2, -0.15) is 0 Å². The van der Waals surface area contributed by atoms with Crippen molar-refractivity contribution >= 4 is 43.5 Å². The van der Waals surface area contributed by atoms with Gasteiger partial charge in [-0.3, -0.25) is 4.79 Å². The number of amides is 1. The van der Waals surface area contributed by atoms with Crippen LogP contribution in [0.2, 0.25) is 0 Å². The highest BCUT2D eigenvalue weighted by Crippen LogP contribution is 2.21. The van der Waals surface area contributed by atoms with Gasteiger partial charge in [0.15, 0.2) is 0 Å². The van der Waals surface area contributed by atoms with E-state index in [1.807, 2.05) is 6.07 Å². The van der Waals surface area contributed by atoms with E-state index in [0.29, 0.717) is 16.8 Å². The molecule has 98 valence electrons. The third-order valence-electron chi connectivity index (χ3n) is 2.54. The zero-order chi connectivity index (χ0) is 14.0. The van der Waals surface area contributed by atoms with Gasteiger partial charge < -0.3 is 5.32 Å². The molecule has 2 rings (SSSR count). The molecule has 0 aliphatic rings. The monoisotopic (exact) mass is 385 g/mol. The molecule has 0 saturated heterocycles. The lowest BCUT2D eigenvalue weighted by Gasteiger charge is -2.07. The van der Waals surface area contributed by atoms with Crippen LogP contribution in [0.15, 0.2) is 45.3 Å². The van der Waals surface area contributed by atoms with Crippen molar-refractivity contribution in [2.45, 2.75) is 6.92 Å². The number of hydrogen-bond donors (Lipinski definition) is 1. The molecule has 0 spiro atoms. The Morgan fingerprint density at radius 2 is 1.74 bits per heavy atom. The van der Waals surface area contributed by atoms with Gasteiger partial charge in [-0.15, -0.1) is 0 Å². The molecule has 19 heavy (non-hydrogen) atoms. The van der Waals surface area contributed by atoms with Gasteiger partial charge >= 0.3 is 0 Å². The molecule has 0 bridgehead atoms. The Morgan fingerprint density at radius 1 is 1.11 bits per heavy atom. The summed E-state index contributed by atoms with van der Waals surface area (Å²) in [7, 11) is 0. The van der Waals surface area contributed by atoms with Crippen molar-refractivity contribution in [2.75, 3.05) is 5.32 Å². The van der Waals surface area contributed by atoms with Gasteiger partial charge in [0.1, 0.15) is 5.82 Å². The summed E-state index contributed by atoms with van der Waals surface area (Å²) in [4.78, 5) is 12.1. The quantitative estimate of drug-likeness (QED) is 0.780. The van der Waals surface area contributed by atoms with E-state index in [1.54, 1.807) is 25.1 Å². The fourth-order valence-electron chi connectivity index (χ4n) is 1.61. The van der Waals surface area contributed by atoms with Gasteiger partial charge in [-0.05, 0) is 48.9 Å². The fraction of sp³-hybridized carbons (Fsp3) is 0.0714. The smallest absolute Gasteiger partial charge is 0.255 e. The summed E-state index contributed by atoms with van der Waals surface area (Å²) in [5.74, 6) is -0.531. The topological polar surface area (TPSA) is 29.1 Å². The summed E-state index contributed by atoms with van der Waals surface area (Å²) in [5, 5.41) is 2.73. The van der Waals surface area contributed by atoms with Gasteiger partial charge in [0, 0.05) is 20.2 Å². The number of hydrogen-bond acceptors (Lipinski definition) is 1. The van der Waals surface area contributed by atoms with Crippen LogP contribution in [-0.2, 0) is 0 Å². The number of carbonyl (C=O) groups excluding carboxylic acids is 1. The van der Waals surface area contributed by atoms with Crippen molar-refractivity contribution in [1.29, 1.82) is 0 Å². The summed E-state index contributed by atoms with van der Waals surface area (Å²) in [6, 6.07) is 9.75. The van der Waals surface area contributed by atoms with Gasteiger partial charge in [-0.1, -0.05) is 31.9 Å². The van der Waals surface area contributed by atoms with Crippen LogP contribution in [0.4, 0.5) is 10.1 Å². The lowest BCUT2D eigenvalue weighted by molar-refractivity contribution is 0.102. The van der Waals surface area contributed by atoms with E-state index < -0.39 is 0 Å². The van der Waals surface area contributed by atoms with Crippen LogP contribution in [0.5, 0.6) is 0 Å². The Balaban J connectivity index is 2.22. The van der Waals surface area contributed by atoms with Crippen molar-refractivity contribution in [1.82, 2.24) is 0 Å². The molecular formula is C14H10Br2FNO. The summed E-state index contributed by atoms with van der Waals surface area (Å²) in [5.41, 5.74) is 1.58. The Hall–Kier alpha value is -1.20. The maximum atomic E-state index is 13.1. The van der Waals surface area contributed by atoms with E-state index in [0.717, 1.165) is 8.95 Å². The number of rotatable bonds is 2. The average molecular weight is 387 g/mol. The lowest BCUT2D eigenvalue weighted by atomic mass is 10.2. The van der Waals surface area contributed by atoms with E-state index in [4.69, 9.17) is 0 Å². The number of anilines is 1. The predicted molar refractivity (Wildman–Crippen MR) is 80.9 cm³/mol. The average Bonchev–Trinajstić information content (AvgIpc) is 2.32. The van der Waals surface area contributed by atoms with Gasteiger partial charge in [0.05, 0.1) is 0 Å². The zero-order valence-corrected chi connectivity index (χ0v) is 13.2. The number of nitrogens with one attached hydrogen (secondary N) is 1. The molecule has 0 radical (unpaired) electrons. The molecule has 0 aliphatic heterocycles. The Kier molecular flexibility index (Phi) is 4.37.